The van der Waals surface area contributed by atoms with E-state index < -0.39 is 0 Å². The van der Waals surface area contributed by atoms with Gasteiger partial charge in [0, 0.05) is 34.2 Å². The van der Waals surface area contributed by atoms with Gasteiger partial charge < -0.3 is 10.2 Å². The van der Waals surface area contributed by atoms with Gasteiger partial charge in [-0.05, 0) is 12.1 Å². The summed E-state index contributed by atoms with van der Waals surface area (Å²) in [4.78, 5) is 10.7. The number of rotatable bonds is 1. The Morgan fingerprint density at radius 3 is 2.00 bits per heavy atom. The molecular formula is C7H5IO3. The number of hydrogen-bond donors (Lipinski definition) is 2. The third-order valence-corrected chi connectivity index (χ3v) is 1.75. The Morgan fingerprint density at radius 1 is 1.18 bits per heavy atom. The van der Waals surface area contributed by atoms with Gasteiger partial charge in [-0.1, -0.05) is 0 Å². The van der Waals surface area contributed by atoms with Crippen LogP contribution in [-0.4, -0.2) is 14.0 Å². The summed E-state index contributed by atoms with van der Waals surface area (Å²) in [6, 6.07) is 3.77. The highest BCUT2D eigenvalue weighted by Gasteiger charge is 2.03. The maximum atomic E-state index is 10.7. The Labute approximate surface area is 76.8 Å². The van der Waals surface area contributed by atoms with Gasteiger partial charge in [0.1, 0.15) is 11.5 Å². The van der Waals surface area contributed by atoms with Gasteiger partial charge in [0.05, 0.1) is 0 Å². The predicted octanol–water partition coefficient (Wildman–Crippen LogP) is 1.67. The van der Waals surface area contributed by atoms with Crippen molar-refractivity contribution in [3.63, 3.8) is 0 Å². The molecule has 11 heavy (non-hydrogen) atoms. The lowest BCUT2D eigenvalue weighted by Gasteiger charge is -1.96. The first-order valence-corrected chi connectivity index (χ1v) is 3.90. The summed E-state index contributed by atoms with van der Waals surface area (Å²) < 4.78 is -0.214. The van der Waals surface area contributed by atoms with Crippen LogP contribution < -0.4 is 0 Å². The largest absolute Gasteiger partial charge is 0.508 e. The van der Waals surface area contributed by atoms with E-state index in [1.165, 1.54) is 18.2 Å². The topological polar surface area (TPSA) is 57.5 Å². The van der Waals surface area contributed by atoms with E-state index in [4.69, 9.17) is 10.2 Å². The van der Waals surface area contributed by atoms with Crippen molar-refractivity contribution in [1.29, 1.82) is 0 Å². The Balaban J connectivity index is 3.19. The average Bonchev–Trinajstić information content (AvgIpc) is 1.85. The summed E-state index contributed by atoms with van der Waals surface area (Å²) in [7, 11) is 0. The molecule has 2 N–H and O–H groups in total. The zero-order valence-electron chi connectivity index (χ0n) is 5.41. The van der Waals surface area contributed by atoms with E-state index in [0.29, 0.717) is 5.56 Å². The van der Waals surface area contributed by atoms with Crippen LogP contribution in [0, 0.1) is 0 Å². The van der Waals surface area contributed by atoms with Gasteiger partial charge >= 0.3 is 0 Å². The van der Waals surface area contributed by atoms with E-state index in [1.807, 2.05) is 0 Å². The van der Waals surface area contributed by atoms with Crippen LogP contribution in [0.15, 0.2) is 18.2 Å². The van der Waals surface area contributed by atoms with Crippen molar-refractivity contribution in [3.8, 4) is 11.5 Å². The van der Waals surface area contributed by atoms with Gasteiger partial charge in [-0.3, -0.25) is 4.79 Å². The third kappa shape index (κ3) is 2.07. The molecule has 0 aliphatic carbocycles. The van der Waals surface area contributed by atoms with Crippen molar-refractivity contribution in [2.24, 2.45) is 0 Å². The molecule has 0 radical (unpaired) electrons. The van der Waals surface area contributed by atoms with E-state index in [0.717, 1.165) is 0 Å². The lowest BCUT2D eigenvalue weighted by atomic mass is 10.2. The molecule has 58 valence electrons. The standard InChI is InChI=1S/C7H5IO3/c8-7(11)4-1-5(9)3-6(10)2-4/h1-3,9-10H. The van der Waals surface area contributed by atoms with Crippen LogP contribution in [0.3, 0.4) is 0 Å². The Bertz CT molecular complexity index is 275. The molecule has 0 aliphatic rings. The summed E-state index contributed by atoms with van der Waals surface area (Å²) in [6.07, 6.45) is 0. The minimum atomic E-state index is -0.214. The van der Waals surface area contributed by atoms with Crippen LogP contribution >= 0.6 is 22.6 Å². The van der Waals surface area contributed by atoms with Crippen LogP contribution in [0.4, 0.5) is 0 Å². The third-order valence-electron chi connectivity index (χ3n) is 1.13. The highest BCUT2D eigenvalue weighted by Crippen LogP contribution is 2.21. The Kier molecular flexibility index (Phi) is 2.33. The molecule has 0 bridgehead atoms. The van der Waals surface area contributed by atoms with Crippen LogP contribution in [0.1, 0.15) is 10.4 Å². The lowest BCUT2D eigenvalue weighted by Crippen LogP contribution is -1.85. The van der Waals surface area contributed by atoms with Gasteiger partial charge in [-0.2, -0.15) is 0 Å². The van der Waals surface area contributed by atoms with Crippen molar-refractivity contribution in [2.75, 3.05) is 0 Å². The van der Waals surface area contributed by atoms with Crippen molar-refractivity contribution < 1.29 is 15.0 Å². The molecule has 0 fully saturated rings. The van der Waals surface area contributed by atoms with Gasteiger partial charge in [-0.15, -0.1) is 0 Å². The first-order valence-electron chi connectivity index (χ1n) is 2.82. The van der Waals surface area contributed by atoms with Gasteiger partial charge in [-0.25, -0.2) is 0 Å². The second kappa shape index (κ2) is 3.08. The van der Waals surface area contributed by atoms with E-state index in [2.05, 4.69) is 0 Å². The first-order chi connectivity index (χ1) is 5.09. The molecule has 3 nitrogen and oxygen atoms in total. The van der Waals surface area contributed by atoms with Gasteiger partial charge in [0.15, 0.2) is 0 Å². The minimum Gasteiger partial charge on any atom is -0.508 e. The number of aromatic hydroxyl groups is 2. The van der Waals surface area contributed by atoms with Gasteiger partial charge in [0.2, 0.25) is 3.79 Å². The van der Waals surface area contributed by atoms with E-state index in [9.17, 15) is 4.79 Å². The second-order valence-corrected chi connectivity index (χ2v) is 2.99. The monoisotopic (exact) mass is 264 g/mol. The number of phenols is 2. The maximum absolute atomic E-state index is 10.7. The quantitative estimate of drug-likeness (QED) is 0.599. The number of phenolic OH excluding ortho intramolecular Hbond substituents is 2. The molecule has 0 saturated heterocycles. The number of hydrogen-bond acceptors (Lipinski definition) is 3. The number of benzene rings is 1. The zero-order chi connectivity index (χ0) is 8.43. The summed E-state index contributed by atoms with van der Waals surface area (Å²) in [6.45, 7) is 0. The Morgan fingerprint density at radius 2 is 1.64 bits per heavy atom. The van der Waals surface area contributed by atoms with Crippen molar-refractivity contribution in [2.45, 2.75) is 0 Å². The zero-order valence-corrected chi connectivity index (χ0v) is 7.57. The summed E-state index contributed by atoms with van der Waals surface area (Å²) in [5.74, 6) is -0.213. The summed E-state index contributed by atoms with van der Waals surface area (Å²) in [5.41, 5.74) is 0.295. The molecule has 0 saturated carbocycles. The molecule has 1 rings (SSSR count). The smallest absolute Gasteiger partial charge is 0.222 e. The summed E-state index contributed by atoms with van der Waals surface area (Å²) in [5, 5.41) is 17.9. The van der Waals surface area contributed by atoms with E-state index in [1.54, 1.807) is 22.6 Å². The average molecular weight is 264 g/mol. The fourth-order valence-corrected chi connectivity index (χ4v) is 1.02. The lowest BCUT2D eigenvalue weighted by molar-refractivity contribution is 0.110. The molecule has 0 aromatic heterocycles. The van der Waals surface area contributed by atoms with Crippen molar-refractivity contribution in [3.05, 3.63) is 23.8 Å². The van der Waals surface area contributed by atoms with Crippen LogP contribution in [0.2, 0.25) is 0 Å². The maximum Gasteiger partial charge on any atom is 0.222 e. The number of carbonyl (C=O) groups is 1. The number of halogens is 1. The molecule has 1 aromatic carbocycles. The summed E-state index contributed by atoms with van der Waals surface area (Å²) >= 11 is 1.58. The predicted molar refractivity (Wildman–Crippen MR) is 48.1 cm³/mol. The fraction of sp³-hybridized carbons (Fsp3) is 0. The van der Waals surface area contributed by atoms with Crippen LogP contribution in [-0.2, 0) is 0 Å². The first kappa shape index (κ1) is 8.32. The van der Waals surface area contributed by atoms with Crippen molar-refractivity contribution >= 4 is 26.4 Å². The normalized spacial score (nSPS) is 9.55. The molecular weight excluding hydrogens is 259 g/mol. The van der Waals surface area contributed by atoms with Crippen LogP contribution in [0.25, 0.3) is 0 Å². The fourth-order valence-electron chi connectivity index (χ4n) is 0.709. The molecule has 0 unspecified atom stereocenters. The minimum absolute atomic E-state index is 0.106. The van der Waals surface area contributed by atoms with Gasteiger partial charge in [0.25, 0.3) is 0 Å². The Hall–Kier alpha value is -0.780. The van der Waals surface area contributed by atoms with E-state index >= 15 is 0 Å². The SMILES string of the molecule is O=C(I)c1cc(O)cc(O)c1. The van der Waals surface area contributed by atoms with E-state index in [-0.39, 0.29) is 15.3 Å². The molecule has 1 aromatic rings. The van der Waals surface area contributed by atoms with Crippen LogP contribution in [0.5, 0.6) is 11.5 Å². The molecule has 0 aliphatic heterocycles. The van der Waals surface area contributed by atoms with Crippen molar-refractivity contribution in [1.82, 2.24) is 0 Å². The molecule has 0 amide bonds. The molecule has 0 atom stereocenters. The number of carbonyl (C=O) groups excluding carboxylic acids is 1. The molecule has 0 spiro atoms. The highest BCUT2D eigenvalue weighted by molar-refractivity contribution is 14.1. The molecule has 4 heteroatoms. The molecule has 0 heterocycles. The highest BCUT2D eigenvalue weighted by atomic mass is 127. The second-order valence-electron chi connectivity index (χ2n) is 2.01.